The minimum Gasteiger partial charge on any atom is -0.389 e. The number of likely N-dealkylation sites (N-methyl/N-ethyl adjacent to an activating group) is 1. The van der Waals surface area contributed by atoms with Crippen molar-refractivity contribution < 1.29 is 13.5 Å². The second-order valence-electron chi connectivity index (χ2n) is 5.38. The van der Waals surface area contributed by atoms with Gasteiger partial charge in [-0.05, 0) is 38.0 Å². The Kier molecular flexibility index (Phi) is 4.73. The van der Waals surface area contributed by atoms with Gasteiger partial charge in [0, 0.05) is 20.1 Å². The molecule has 19 heavy (non-hydrogen) atoms. The largest absolute Gasteiger partial charge is 0.389 e. The van der Waals surface area contributed by atoms with Crippen molar-refractivity contribution >= 4 is 10.0 Å². The van der Waals surface area contributed by atoms with Crippen molar-refractivity contribution in [3.8, 4) is 0 Å². The topological polar surface area (TPSA) is 83.6 Å². The van der Waals surface area contributed by atoms with E-state index in [1.165, 1.54) is 7.05 Å². The van der Waals surface area contributed by atoms with Crippen LogP contribution in [-0.4, -0.2) is 37.0 Å². The van der Waals surface area contributed by atoms with Crippen molar-refractivity contribution in [2.45, 2.75) is 37.8 Å². The Labute approximate surface area is 115 Å². The molecule has 0 spiro atoms. The molecule has 0 heterocycles. The smallest absolute Gasteiger partial charge is 0.243 e. The van der Waals surface area contributed by atoms with Gasteiger partial charge in [-0.3, -0.25) is 0 Å². The van der Waals surface area contributed by atoms with Gasteiger partial charge in [-0.15, -0.1) is 0 Å². The quantitative estimate of drug-likeness (QED) is 0.840. The predicted molar refractivity (Wildman–Crippen MR) is 75.2 cm³/mol. The molecule has 108 valence electrons. The molecule has 0 aliphatic rings. The number of nitrogens with two attached hydrogens (primary N) is 1. The fourth-order valence-corrected chi connectivity index (χ4v) is 3.44. The lowest BCUT2D eigenvalue weighted by molar-refractivity contribution is 0.0640. The number of sulfonamides is 1. The van der Waals surface area contributed by atoms with Gasteiger partial charge in [-0.25, -0.2) is 8.42 Å². The summed E-state index contributed by atoms with van der Waals surface area (Å²) in [5.41, 5.74) is 5.89. The summed E-state index contributed by atoms with van der Waals surface area (Å²) in [5, 5.41) is 9.74. The summed E-state index contributed by atoms with van der Waals surface area (Å²) in [4.78, 5) is 0.238. The van der Waals surface area contributed by atoms with Gasteiger partial charge >= 0.3 is 0 Å². The normalized spacial score (nSPS) is 13.0. The maximum absolute atomic E-state index is 12.5. The van der Waals surface area contributed by atoms with Crippen LogP contribution in [0.15, 0.2) is 23.1 Å². The molecule has 0 radical (unpaired) electrons. The van der Waals surface area contributed by atoms with Crippen molar-refractivity contribution in [3.63, 3.8) is 0 Å². The van der Waals surface area contributed by atoms with E-state index in [4.69, 9.17) is 5.73 Å². The third-order valence-corrected chi connectivity index (χ3v) is 4.73. The van der Waals surface area contributed by atoms with Gasteiger partial charge in [0.05, 0.1) is 10.5 Å². The number of hydrogen-bond donors (Lipinski definition) is 2. The molecule has 6 heteroatoms. The zero-order valence-corrected chi connectivity index (χ0v) is 12.7. The predicted octanol–water partition coefficient (Wildman–Crippen LogP) is 0.845. The average molecular weight is 286 g/mol. The van der Waals surface area contributed by atoms with Crippen LogP contribution in [0, 0.1) is 6.92 Å². The van der Waals surface area contributed by atoms with Crippen LogP contribution >= 0.6 is 0 Å². The molecule has 0 unspecified atom stereocenters. The molecule has 0 atom stereocenters. The standard InChI is InChI=1S/C13H22N2O3S/c1-10-5-6-11(8-14)7-12(10)19(17,18)15(4)9-13(2,3)16/h5-7,16H,8-9,14H2,1-4H3. The van der Waals surface area contributed by atoms with Gasteiger partial charge in [-0.2, -0.15) is 4.31 Å². The number of hydrogen-bond acceptors (Lipinski definition) is 4. The molecule has 0 aromatic heterocycles. The summed E-state index contributed by atoms with van der Waals surface area (Å²) in [6, 6.07) is 5.14. The Morgan fingerprint density at radius 3 is 2.42 bits per heavy atom. The minimum atomic E-state index is -3.62. The fourth-order valence-electron chi connectivity index (χ4n) is 1.85. The number of aryl methyl sites for hydroxylation is 1. The van der Waals surface area contributed by atoms with Gasteiger partial charge in [0.25, 0.3) is 0 Å². The second-order valence-corrected chi connectivity index (χ2v) is 7.39. The van der Waals surface area contributed by atoms with E-state index < -0.39 is 15.6 Å². The lowest BCUT2D eigenvalue weighted by atomic mass is 10.1. The highest BCUT2D eigenvalue weighted by atomic mass is 32.2. The molecule has 0 amide bonds. The maximum atomic E-state index is 12.5. The molecular weight excluding hydrogens is 264 g/mol. The van der Waals surface area contributed by atoms with Gasteiger partial charge in [0.15, 0.2) is 0 Å². The molecule has 0 aliphatic heterocycles. The van der Waals surface area contributed by atoms with Crippen molar-refractivity contribution in [1.29, 1.82) is 0 Å². The first kappa shape index (κ1) is 16.1. The van der Waals surface area contributed by atoms with Crippen molar-refractivity contribution in [3.05, 3.63) is 29.3 Å². The van der Waals surface area contributed by atoms with Crippen LogP contribution in [0.5, 0.6) is 0 Å². The van der Waals surface area contributed by atoms with Crippen molar-refractivity contribution in [2.75, 3.05) is 13.6 Å². The molecule has 0 aliphatic carbocycles. The van der Waals surface area contributed by atoms with Gasteiger partial charge < -0.3 is 10.8 Å². The Balaban J connectivity index is 3.20. The van der Waals surface area contributed by atoms with E-state index in [0.29, 0.717) is 5.56 Å². The SMILES string of the molecule is Cc1ccc(CN)cc1S(=O)(=O)N(C)CC(C)(C)O. The summed E-state index contributed by atoms with van der Waals surface area (Å²) in [5.74, 6) is 0. The Morgan fingerprint density at radius 2 is 1.95 bits per heavy atom. The van der Waals surface area contributed by atoms with E-state index in [1.54, 1.807) is 32.9 Å². The zero-order chi connectivity index (χ0) is 14.8. The van der Waals surface area contributed by atoms with Gasteiger partial charge in [-0.1, -0.05) is 12.1 Å². The Hall–Kier alpha value is -0.950. The fraction of sp³-hybridized carbons (Fsp3) is 0.538. The maximum Gasteiger partial charge on any atom is 0.243 e. The number of nitrogens with zero attached hydrogens (tertiary/aromatic N) is 1. The monoisotopic (exact) mass is 286 g/mol. The number of rotatable bonds is 5. The molecule has 1 rings (SSSR count). The second kappa shape index (κ2) is 5.58. The van der Waals surface area contributed by atoms with Crippen LogP contribution in [0.3, 0.4) is 0 Å². The molecule has 5 nitrogen and oxygen atoms in total. The van der Waals surface area contributed by atoms with E-state index in [1.807, 2.05) is 6.07 Å². The summed E-state index contributed by atoms with van der Waals surface area (Å²) in [6.45, 7) is 5.20. The lowest BCUT2D eigenvalue weighted by Gasteiger charge is -2.25. The number of benzene rings is 1. The highest BCUT2D eigenvalue weighted by molar-refractivity contribution is 7.89. The molecule has 0 saturated carbocycles. The first-order valence-corrected chi connectivity index (χ1v) is 7.50. The summed E-state index contributed by atoms with van der Waals surface area (Å²) in [7, 11) is -2.16. The van der Waals surface area contributed by atoms with Crippen LogP contribution in [0.4, 0.5) is 0 Å². The van der Waals surface area contributed by atoms with E-state index in [0.717, 1.165) is 9.87 Å². The molecule has 0 fully saturated rings. The third kappa shape index (κ3) is 4.01. The van der Waals surface area contributed by atoms with Crippen LogP contribution in [0.1, 0.15) is 25.0 Å². The highest BCUT2D eigenvalue weighted by Crippen LogP contribution is 2.21. The van der Waals surface area contributed by atoms with E-state index in [-0.39, 0.29) is 18.0 Å². The van der Waals surface area contributed by atoms with E-state index >= 15 is 0 Å². The van der Waals surface area contributed by atoms with Crippen LogP contribution in [0.25, 0.3) is 0 Å². The van der Waals surface area contributed by atoms with Crippen LogP contribution in [0.2, 0.25) is 0 Å². The van der Waals surface area contributed by atoms with Crippen LogP contribution in [-0.2, 0) is 16.6 Å². The molecule has 1 aromatic carbocycles. The van der Waals surface area contributed by atoms with Gasteiger partial charge in [0.1, 0.15) is 0 Å². The number of aliphatic hydroxyl groups is 1. The van der Waals surface area contributed by atoms with Gasteiger partial charge in [0.2, 0.25) is 10.0 Å². The third-order valence-electron chi connectivity index (χ3n) is 2.79. The average Bonchev–Trinajstić information content (AvgIpc) is 2.27. The first-order chi connectivity index (χ1) is 8.58. The summed E-state index contributed by atoms with van der Waals surface area (Å²) < 4.78 is 26.1. The Bertz CT molecular complexity index is 547. The highest BCUT2D eigenvalue weighted by Gasteiger charge is 2.27. The summed E-state index contributed by atoms with van der Waals surface area (Å²) >= 11 is 0. The summed E-state index contributed by atoms with van der Waals surface area (Å²) in [6.07, 6.45) is 0. The van der Waals surface area contributed by atoms with E-state index in [9.17, 15) is 13.5 Å². The van der Waals surface area contributed by atoms with Crippen LogP contribution < -0.4 is 5.73 Å². The van der Waals surface area contributed by atoms with E-state index in [2.05, 4.69) is 0 Å². The van der Waals surface area contributed by atoms with Crippen molar-refractivity contribution in [2.24, 2.45) is 5.73 Å². The zero-order valence-electron chi connectivity index (χ0n) is 11.8. The molecule has 1 aromatic rings. The Morgan fingerprint density at radius 1 is 1.37 bits per heavy atom. The molecule has 3 N–H and O–H groups in total. The molecule has 0 bridgehead atoms. The molecule has 0 saturated heterocycles. The van der Waals surface area contributed by atoms with Crippen molar-refractivity contribution in [1.82, 2.24) is 4.31 Å². The first-order valence-electron chi connectivity index (χ1n) is 6.06. The molecular formula is C13H22N2O3S. The minimum absolute atomic E-state index is 0.0294. The lowest BCUT2D eigenvalue weighted by Crippen LogP contribution is -2.39.